The fraction of sp³-hybridized carbons (Fsp3) is 0.400. The summed E-state index contributed by atoms with van der Waals surface area (Å²) in [4.78, 5) is 4.03. The molecule has 0 aromatic heterocycles. The number of nitrogens with zero attached hydrogens (tertiary/aromatic N) is 2. The van der Waals surface area contributed by atoms with Crippen molar-refractivity contribution < 1.29 is 9.47 Å². The Morgan fingerprint density at radius 3 is 1.46 bits per heavy atom. The Hall–Kier alpha value is -1.72. The molecule has 0 bridgehead atoms. The van der Waals surface area contributed by atoms with E-state index in [0.29, 0.717) is 26.7 Å². The predicted octanol–water partition coefficient (Wildman–Crippen LogP) is 3.43. The number of ether oxygens (including phenoxy) is 2. The first-order valence-electron chi connectivity index (χ1n) is 8.18. The highest BCUT2D eigenvalue weighted by molar-refractivity contribution is 5.64. The Morgan fingerprint density at radius 1 is 0.667 bits per heavy atom. The van der Waals surface area contributed by atoms with Crippen LogP contribution in [0.3, 0.4) is 0 Å². The summed E-state index contributed by atoms with van der Waals surface area (Å²) >= 11 is 0. The van der Waals surface area contributed by atoms with Crippen LogP contribution in [0.15, 0.2) is 48.5 Å². The SMILES string of the molecule is CN(C)COCc1cccc(-c2cccc(COCN(C)C)c2)c1. The van der Waals surface area contributed by atoms with Gasteiger partial charge in [0.15, 0.2) is 0 Å². The van der Waals surface area contributed by atoms with Gasteiger partial charge in [0, 0.05) is 0 Å². The van der Waals surface area contributed by atoms with Gasteiger partial charge in [0.05, 0.1) is 26.7 Å². The predicted molar refractivity (Wildman–Crippen MR) is 98.6 cm³/mol. The Kier molecular flexibility index (Phi) is 7.40. The van der Waals surface area contributed by atoms with Gasteiger partial charge in [-0.3, -0.25) is 9.80 Å². The van der Waals surface area contributed by atoms with Crippen LogP contribution < -0.4 is 0 Å². The minimum atomic E-state index is 0.623. The first-order valence-corrected chi connectivity index (χ1v) is 8.18. The van der Waals surface area contributed by atoms with E-state index < -0.39 is 0 Å². The summed E-state index contributed by atoms with van der Waals surface area (Å²) < 4.78 is 11.3. The van der Waals surface area contributed by atoms with E-state index in [-0.39, 0.29) is 0 Å². The van der Waals surface area contributed by atoms with Crippen molar-refractivity contribution in [1.82, 2.24) is 9.80 Å². The molecule has 0 aliphatic carbocycles. The molecule has 4 heteroatoms. The molecule has 2 rings (SSSR count). The molecule has 0 heterocycles. The van der Waals surface area contributed by atoms with Gasteiger partial charge in [0.2, 0.25) is 0 Å². The van der Waals surface area contributed by atoms with Gasteiger partial charge in [-0.15, -0.1) is 0 Å². The molecule has 0 spiro atoms. The number of benzene rings is 2. The summed E-state index contributed by atoms with van der Waals surface area (Å²) in [5.41, 5.74) is 4.78. The molecule has 0 aliphatic rings. The van der Waals surface area contributed by atoms with E-state index in [0.717, 1.165) is 0 Å². The maximum absolute atomic E-state index is 5.67. The lowest BCUT2D eigenvalue weighted by Gasteiger charge is -2.12. The molecule has 4 nitrogen and oxygen atoms in total. The quantitative estimate of drug-likeness (QED) is 0.659. The zero-order chi connectivity index (χ0) is 17.4. The summed E-state index contributed by atoms with van der Waals surface area (Å²) in [7, 11) is 8.00. The normalized spacial score (nSPS) is 11.4. The summed E-state index contributed by atoms with van der Waals surface area (Å²) in [6.07, 6.45) is 0. The molecule has 0 radical (unpaired) electrons. The van der Waals surface area contributed by atoms with Crippen molar-refractivity contribution in [3.05, 3.63) is 59.7 Å². The fourth-order valence-corrected chi connectivity index (χ4v) is 2.37. The van der Waals surface area contributed by atoms with E-state index >= 15 is 0 Å². The third-order valence-electron chi connectivity index (χ3n) is 3.42. The average Bonchev–Trinajstić information content (AvgIpc) is 2.55. The van der Waals surface area contributed by atoms with E-state index in [2.05, 4.69) is 48.5 Å². The summed E-state index contributed by atoms with van der Waals surface area (Å²) in [5, 5.41) is 0. The molecule has 0 aliphatic heterocycles. The molecule has 2 aromatic rings. The van der Waals surface area contributed by atoms with Gasteiger partial charge in [-0.1, -0.05) is 36.4 Å². The van der Waals surface area contributed by atoms with Crippen molar-refractivity contribution in [3.63, 3.8) is 0 Å². The number of hydrogen-bond acceptors (Lipinski definition) is 4. The lowest BCUT2D eigenvalue weighted by Crippen LogP contribution is -2.15. The second kappa shape index (κ2) is 9.55. The van der Waals surface area contributed by atoms with Gasteiger partial charge in [0.1, 0.15) is 0 Å². The second-order valence-corrected chi connectivity index (χ2v) is 6.52. The standard InChI is InChI=1S/C20H28N2O2/c1-21(2)15-23-13-17-7-5-9-19(11-17)20-10-6-8-18(12-20)14-24-16-22(3)4/h5-12H,13-16H2,1-4H3. The van der Waals surface area contributed by atoms with Crippen LogP contribution >= 0.6 is 0 Å². The fourth-order valence-electron chi connectivity index (χ4n) is 2.37. The Labute approximate surface area is 145 Å². The smallest absolute Gasteiger partial charge is 0.0989 e. The lowest BCUT2D eigenvalue weighted by molar-refractivity contribution is 0.0450. The zero-order valence-electron chi connectivity index (χ0n) is 15.2. The molecule has 0 saturated carbocycles. The van der Waals surface area contributed by atoms with Crippen molar-refractivity contribution in [2.24, 2.45) is 0 Å². The molecule has 0 unspecified atom stereocenters. The molecular weight excluding hydrogens is 300 g/mol. The third-order valence-corrected chi connectivity index (χ3v) is 3.42. The first kappa shape index (κ1) is 18.6. The van der Waals surface area contributed by atoms with Crippen LogP contribution in [-0.4, -0.2) is 51.5 Å². The van der Waals surface area contributed by atoms with Crippen LogP contribution in [0.1, 0.15) is 11.1 Å². The summed E-state index contributed by atoms with van der Waals surface area (Å²) in [5.74, 6) is 0. The van der Waals surface area contributed by atoms with Crippen LogP contribution in [-0.2, 0) is 22.7 Å². The van der Waals surface area contributed by atoms with Crippen molar-refractivity contribution in [2.45, 2.75) is 13.2 Å². The molecule has 24 heavy (non-hydrogen) atoms. The van der Waals surface area contributed by atoms with Crippen LogP contribution in [0.4, 0.5) is 0 Å². The summed E-state index contributed by atoms with van der Waals surface area (Å²) in [6, 6.07) is 17.0. The van der Waals surface area contributed by atoms with E-state index in [1.165, 1.54) is 22.3 Å². The van der Waals surface area contributed by atoms with E-state index in [9.17, 15) is 0 Å². The van der Waals surface area contributed by atoms with Crippen molar-refractivity contribution >= 4 is 0 Å². The largest absolute Gasteiger partial charge is 0.361 e. The van der Waals surface area contributed by atoms with Crippen LogP contribution in [0.25, 0.3) is 11.1 Å². The van der Waals surface area contributed by atoms with Crippen molar-refractivity contribution in [3.8, 4) is 11.1 Å². The van der Waals surface area contributed by atoms with Crippen LogP contribution in [0.5, 0.6) is 0 Å². The third kappa shape index (κ3) is 6.42. The molecular formula is C20H28N2O2. The Bertz CT molecular complexity index is 571. The molecule has 0 saturated heterocycles. The monoisotopic (exact) mass is 328 g/mol. The number of rotatable bonds is 9. The van der Waals surface area contributed by atoms with Gasteiger partial charge >= 0.3 is 0 Å². The topological polar surface area (TPSA) is 24.9 Å². The van der Waals surface area contributed by atoms with E-state index in [4.69, 9.17) is 9.47 Å². The molecule has 0 fully saturated rings. The average molecular weight is 328 g/mol. The van der Waals surface area contributed by atoms with Crippen LogP contribution in [0, 0.1) is 0 Å². The molecule has 2 aromatic carbocycles. The highest BCUT2D eigenvalue weighted by Crippen LogP contribution is 2.22. The minimum absolute atomic E-state index is 0.623. The Morgan fingerprint density at radius 2 is 1.08 bits per heavy atom. The van der Waals surface area contributed by atoms with E-state index in [1.54, 1.807) is 0 Å². The van der Waals surface area contributed by atoms with E-state index in [1.807, 2.05) is 38.0 Å². The van der Waals surface area contributed by atoms with Gasteiger partial charge in [0.25, 0.3) is 0 Å². The van der Waals surface area contributed by atoms with Crippen LogP contribution in [0.2, 0.25) is 0 Å². The van der Waals surface area contributed by atoms with Crippen molar-refractivity contribution in [2.75, 3.05) is 41.7 Å². The maximum atomic E-state index is 5.67. The van der Waals surface area contributed by atoms with Gasteiger partial charge in [-0.2, -0.15) is 0 Å². The van der Waals surface area contributed by atoms with Gasteiger partial charge < -0.3 is 9.47 Å². The zero-order valence-corrected chi connectivity index (χ0v) is 15.2. The second-order valence-electron chi connectivity index (χ2n) is 6.52. The molecule has 0 amide bonds. The maximum Gasteiger partial charge on any atom is 0.0989 e. The minimum Gasteiger partial charge on any atom is -0.361 e. The van der Waals surface area contributed by atoms with Gasteiger partial charge in [-0.05, 0) is 62.6 Å². The molecule has 0 N–H and O–H groups in total. The molecule has 0 atom stereocenters. The first-order chi connectivity index (χ1) is 11.5. The van der Waals surface area contributed by atoms with Crippen molar-refractivity contribution in [1.29, 1.82) is 0 Å². The summed E-state index contributed by atoms with van der Waals surface area (Å²) in [6.45, 7) is 2.50. The Balaban J connectivity index is 2.02. The van der Waals surface area contributed by atoms with Gasteiger partial charge in [-0.25, -0.2) is 0 Å². The molecule has 130 valence electrons. The lowest BCUT2D eigenvalue weighted by atomic mass is 10.0. The highest BCUT2D eigenvalue weighted by Gasteiger charge is 2.02. The highest BCUT2D eigenvalue weighted by atomic mass is 16.5. The number of hydrogen-bond donors (Lipinski definition) is 0.